The second kappa shape index (κ2) is 5.33. The Morgan fingerprint density at radius 1 is 1.38 bits per heavy atom. The fraction of sp³-hybridized carbons (Fsp3) is 0.500. The molecule has 2 unspecified atom stereocenters. The van der Waals surface area contributed by atoms with Crippen molar-refractivity contribution in [2.75, 3.05) is 12.3 Å². The van der Waals surface area contributed by atoms with Crippen molar-refractivity contribution >= 4 is 17.3 Å². The molecule has 3 rings (SSSR count). The molecule has 7 nitrogen and oxygen atoms in total. The van der Waals surface area contributed by atoms with Crippen LogP contribution in [0, 0.1) is 16.0 Å². The van der Waals surface area contributed by atoms with E-state index >= 15 is 0 Å². The van der Waals surface area contributed by atoms with Gasteiger partial charge in [0.15, 0.2) is 0 Å². The van der Waals surface area contributed by atoms with Gasteiger partial charge in [-0.05, 0) is 37.3 Å². The minimum atomic E-state index is -0.586. The van der Waals surface area contributed by atoms with E-state index in [0.717, 1.165) is 19.3 Å². The maximum Gasteiger partial charge on any atom is 0.292 e. The third-order valence-electron chi connectivity index (χ3n) is 4.03. The van der Waals surface area contributed by atoms with E-state index in [-0.39, 0.29) is 35.0 Å². The number of anilines is 1. The van der Waals surface area contributed by atoms with Gasteiger partial charge in [-0.15, -0.1) is 0 Å². The van der Waals surface area contributed by atoms with Crippen molar-refractivity contribution in [3.05, 3.63) is 33.9 Å². The van der Waals surface area contributed by atoms with Crippen LogP contribution in [-0.4, -0.2) is 29.6 Å². The summed E-state index contributed by atoms with van der Waals surface area (Å²) in [6, 6.07) is 4.09. The molecule has 1 aromatic carbocycles. The molecule has 2 aliphatic rings. The largest absolute Gasteiger partial charge is 0.393 e. The number of hydrogen-bond donors (Lipinski definition) is 2. The zero-order valence-electron chi connectivity index (χ0n) is 11.5. The van der Waals surface area contributed by atoms with Gasteiger partial charge in [-0.1, -0.05) is 0 Å². The van der Waals surface area contributed by atoms with E-state index in [4.69, 9.17) is 10.5 Å². The van der Waals surface area contributed by atoms with Crippen LogP contribution in [0.4, 0.5) is 11.4 Å². The number of carbonyl (C=O) groups is 1. The van der Waals surface area contributed by atoms with E-state index < -0.39 is 4.92 Å². The van der Waals surface area contributed by atoms with Crippen molar-refractivity contribution in [1.29, 1.82) is 0 Å². The summed E-state index contributed by atoms with van der Waals surface area (Å²) in [4.78, 5) is 22.5. The first-order valence-corrected chi connectivity index (χ1v) is 7.02. The number of nitrogen functional groups attached to an aromatic ring is 1. The molecule has 1 aromatic rings. The van der Waals surface area contributed by atoms with Gasteiger partial charge >= 0.3 is 0 Å². The Kier molecular flexibility index (Phi) is 3.50. The summed E-state index contributed by atoms with van der Waals surface area (Å²) in [5.41, 5.74) is 5.58. The van der Waals surface area contributed by atoms with Crippen LogP contribution >= 0.6 is 0 Å². The highest BCUT2D eigenvalue weighted by Crippen LogP contribution is 2.38. The van der Waals surface area contributed by atoms with Gasteiger partial charge in [-0.25, -0.2) is 0 Å². The number of hydrogen-bond acceptors (Lipinski definition) is 5. The van der Waals surface area contributed by atoms with Gasteiger partial charge in [0.2, 0.25) is 0 Å². The van der Waals surface area contributed by atoms with E-state index in [9.17, 15) is 14.9 Å². The van der Waals surface area contributed by atoms with Crippen molar-refractivity contribution < 1.29 is 14.5 Å². The molecule has 3 N–H and O–H groups in total. The molecule has 1 aliphatic heterocycles. The Morgan fingerprint density at radius 2 is 2.14 bits per heavy atom. The minimum Gasteiger partial charge on any atom is -0.393 e. The summed E-state index contributed by atoms with van der Waals surface area (Å²) >= 11 is 0. The molecule has 21 heavy (non-hydrogen) atoms. The van der Waals surface area contributed by atoms with E-state index in [1.807, 2.05) is 0 Å². The van der Waals surface area contributed by atoms with Crippen LogP contribution in [0.5, 0.6) is 0 Å². The minimum absolute atomic E-state index is 0.0124. The normalized spacial score (nSPS) is 24.8. The predicted octanol–water partition coefficient (Wildman–Crippen LogP) is 1.47. The molecule has 1 saturated carbocycles. The number of ether oxygens (including phenoxy) is 1. The summed E-state index contributed by atoms with van der Waals surface area (Å²) in [7, 11) is 0. The first-order valence-electron chi connectivity index (χ1n) is 7.02. The van der Waals surface area contributed by atoms with Gasteiger partial charge < -0.3 is 15.8 Å². The zero-order valence-corrected chi connectivity index (χ0v) is 11.5. The van der Waals surface area contributed by atoms with E-state index in [1.165, 1.54) is 18.2 Å². The Labute approximate surface area is 121 Å². The van der Waals surface area contributed by atoms with Crippen LogP contribution in [0.15, 0.2) is 18.2 Å². The second-order valence-corrected chi connectivity index (χ2v) is 5.57. The van der Waals surface area contributed by atoms with Crippen molar-refractivity contribution in [3.8, 4) is 0 Å². The molecule has 1 saturated heterocycles. The van der Waals surface area contributed by atoms with Crippen molar-refractivity contribution in [3.63, 3.8) is 0 Å². The predicted molar refractivity (Wildman–Crippen MR) is 75.8 cm³/mol. The van der Waals surface area contributed by atoms with Crippen LogP contribution in [0.2, 0.25) is 0 Å². The van der Waals surface area contributed by atoms with Crippen LogP contribution < -0.4 is 11.1 Å². The molecule has 1 amide bonds. The maximum absolute atomic E-state index is 12.2. The summed E-state index contributed by atoms with van der Waals surface area (Å²) in [5, 5.41) is 13.8. The Bertz CT molecular complexity index is 586. The zero-order chi connectivity index (χ0) is 15.0. The number of nitrogens with two attached hydrogens (primary N) is 1. The molecule has 2 fully saturated rings. The topological polar surface area (TPSA) is 107 Å². The molecule has 0 spiro atoms. The van der Waals surface area contributed by atoms with Crippen LogP contribution in [-0.2, 0) is 4.74 Å². The van der Waals surface area contributed by atoms with Gasteiger partial charge in [0.1, 0.15) is 5.69 Å². The number of amides is 1. The summed E-state index contributed by atoms with van der Waals surface area (Å²) < 4.78 is 5.66. The maximum atomic E-state index is 12.2. The highest BCUT2D eigenvalue weighted by molar-refractivity contribution is 5.95. The molecule has 0 aromatic heterocycles. The number of nitro groups is 1. The lowest BCUT2D eigenvalue weighted by atomic mass is 10.1. The van der Waals surface area contributed by atoms with Gasteiger partial charge in [0.05, 0.1) is 17.1 Å². The first-order chi connectivity index (χ1) is 10.1. The highest BCUT2D eigenvalue weighted by atomic mass is 16.6. The van der Waals surface area contributed by atoms with Gasteiger partial charge in [0.25, 0.3) is 11.6 Å². The molecule has 1 aliphatic carbocycles. The lowest BCUT2D eigenvalue weighted by Crippen LogP contribution is -2.41. The van der Waals surface area contributed by atoms with Crippen LogP contribution in [0.3, 0.4) is 0 Å². The average Bonchev–Trinajstić information content (AvgIpc) is 3.19. The van der Waals surface area contributed by atoms with Gasteiger partial charge in [-0.2, -0.15) is 0 Å². The molecule has 0 radical (unpaired) electrons. The Hall–Kier alpha value is -2.15. The monoisotopic (exact) mass is 291 g/mol. The molecular weight excluding hydrogens is 274 g/mol. The molecule has 1 heterocycles. The van der Waals surface area contributed by atoms with Crippen LogP contribution in [0.25, 0.3) is 0 Å². The van der Waals surface area contributed by atoms with Crippen molar-refractivity contribution in [1.82, 2.24) is 5.32 Å². The number of nitro benzene ring substituents is 1. The standard InChI is InChI=1S/C14H17N3O4/c15-10-4-3-9(7-12(10)17(19)20)14(18)16-11-5-6-21-13(11)8-1-2-8/h3-4,7-8,11,13H,1-2,5-6,15H2,(H,16,18). The van der Waals surface area contributed by atoms with E-state index in [2.05, 4.69) is 5.32 Å². The highest BCUT2D eigenvalue weighted by Gasteiger charge is 2.41. The number of nitrogens with one attached hydrogen (secondary N) is 1. The SMILES string of the molecule is Nc1ccc(C(=O)NC2CCOC2C2CC2)cc1[N+](=O)[O-]. The van der Waals surface area contributed by atoms with Crippen LogP contribution in [0.1, 0.15) is 29.6 Å². The number of benzene rings is 1. The molecule has 7 heteroatoms. The smallest absolute Gasteiger partial charge is 0.292 e. The lowest BCUT2D eigenvalue weighted by Gasteiger charge is -2.19. The average molecular weight is 291 g/mol. The summed E-state index contributed by atoms with van der Waals surface area (Å²) in [5.74, 6) is 0.220. The fourth-order valence-electron chi connectivity index (χ4n) is 2.75. The number of nitrogens with zero attached hydrogens (tertiary/aromatic N) is 1. The van der Waals surface area contributed by atoms with E-state index in [0.29, 0.717) is 12.5 Å². The first kappa shape index (κ1) is 13.8. The van der Waals surface area contributed by atoms with Crippen molar-refractivity contribution in [2.45, 2.75) is 31.4 Å². The Balaban J connectivity index is 1.73. The van der Waals surface area contributed by atoms with Crippen molar-refractivity contribution in [2.24, 2.45) is 5.92 Å². The fourth-order valence-corrected chi connectivity index (χ4v) is 2.75. The quantitative estimate of drug-likeness (QED) is 0.496. The third kappa shape index (κ3) is 2.82. The number of rotatable bonds is 4. The third-order valence-corrected chi connectivity index (χ3v) is 4.03. The van der Waals surface area contributed by atoms with Gasteiger partial charge in [-0.3, -0.25) is 14.9 Å². The van der Waals surface area contributed by atoms with E-state index in [1.54, 1.807) is 0 Å². The molecule has 112 valence electrons. The van der Waals surface area contributed by atoms with Gasteiger partial charge in [0, 0.05) is 18.2 Å². The molecular formula is C14H17N3O4. The summed E-state index contributed by atoms with van der Waals surface area (Å²) in [6.45, 7) is 0.647. The lowest BCUT2D eigenvalue weighted by molar-refractivity contribution is -0.383. The summed E-state index contributed by atoms with van der Waals surface area (Å²) in [6.07, 6.45) is 3.15. The molecule has 0 bridgehead atoms. The molecule has 2 atom stereocenters. The Morgan fingerprint density at radius 3 is 2.81 bits per heavy atom. The number of carbonyl (C=O) groups excluding carboxylic acids is 1. The second-order valence-electron chi connectivity index (χ2n) is 5.57.